The zero-order valence-electron chi connectivity index (χ0n) is 11.6. The van der Waals surface area contributed by atoms with E-state index in [4.69, 9.17) is 10.5 Å². The van der Waals surface area contributed by atoms with E-state index in [1.54, 1.807) is 7.11 Å². The highest BCUT2D eigenvalue weighted by molar-refractivity contribution is 5.36. The highest BCUT2D eigenvalue weighted by Gasteiger charge is 2.32. The molecule has 0 aromatic heterocycles. The predicted octanol–water partition coefficient (Wildman–Crippen LogP) is 2.14. The minimum absolute atomic E-state index is 0.110. The van der Waals surface area contributed by atoms with Crippen molar-refractivity contribution in [3.05, 3.63) is 35.4 Å². The third-order valence-corrected chi connectivity index (χ3v) is 4.11. The lowest BCUT2D eigenvalue weighted by atomic mass is 9.78. The Labute approximate surface area is 110 Å². The average Bonchev–Trinajstić information content (AvgIpc) is 2.40. The summed E-state index contributed by atoms with van der Waals surface area (Å²) in [5.41, 5.74) is 9.17. The fourth-order valence-electron chi connectivity index (χ4n) is 2.96. The number of fused-ring (bicyclic) bond motifs is 1. The summed E-state index contributed by atoms with van der Waals surface area (Å²) in [6, 6.07) is 9.10. The van der Waals surface area contributed by atoms with Crippen LogP contribution in [0.15, 0.2) is 24.3 Å². The molecule has 2 rings (SSSR count). The Kier molecular flexibility index (Phi) is 4.38. The highest BCUT2D eigenvalue weighted by atomic mass is 16.5. The molecule has 3 heteroatoms. The number of hydrogen-bond acceptors (Lipinski definition) is 3. The Morgan fingerprint density at radius 3 is 2.67 bits per heavy atom. The van der Waals surface area contributed by atoms with Crippen LogP contribution in [0.1, 0.15) is 36.4 Å². The summed E-state index contributed by atoms with van der Waals surface area (Å²) in [7, 11) is 3.89. The molecule has 0 saturated carbocycles. The number of hydrogen-bond donors (Lipinski definition) is 1. The van der Waals surface area contributed by atoms with Crippen LogP contribution in [0.4, 0.5) is 0 Å². The number of methoxy groups -OCH3 is 1. The van der Waals surface area contributed by atoms with Crippen molar-refractivity contribution in [1.82, 2.24) is 4.90 Å². The second-order valence-corrected chi connectivity index (χ2v) is 5.33. The van der Waals surface area contributed by atoms with Crippen LogP contribution < -0.4 is 5.73 Å². The van der Waals surface area contributed by atoms with E-state index in [0.717, 1.165) is 19.6 Å². The van der Waals surface area contributed by atoms with E-state index in [1.807, 2.05) is 0 Å². The first-order valence-electron chi connectivity index (χ1n) is 6.68. The zero-order chi connectivity index (χ0) is 13.1. The van der Waals surface area contributed by atoms with Gasteiger partial charge in [-0.1, -0.05) is 31.2 Å². The third-order valence-electron chi connectivity index (χ3n) is 4.11. The van der Waals surface area contributed by atoms with Crippen LogP contribution in [-0.2, 0) is 4.74 Å². The number of nitrogens with two attached hydrogens (primary N) is 1. The molecule has 0 heterocycles. The van der Waals surface area contributed by atoms with Gasteiger partial charge in [-0.3, -0.25) is 4.90 Å². The normalized spacial score (nSPS) is 27.3. The van der Waals surface area contributed by atoms with Gasteiger partial charge in [0.1, 0.15) is 0 Å². The van der Waals surface area contributed by atoms with E-state index >= 15 is 0 Å². The molecule has 0 radical (unpaired) electrons. The molecule has 100 valence electrons. The molecule has 18 heavy (non-hydrogen) atoms. The van der Waals surface area contributed by atoms with Gasteiger partial charge in [0.25, 0.3) is 0 Å². The summed E-state index contributed by atoms with van der Waals surface area (Å²) in [5, 5.41) is 0. The van der Waals surface area contributed by atoms with Crippen LogP contribution in [0.3, 0.4) is 0 Å². The summed E-state index contributed by atoms with van der Waals surface area (Å²) >= 11 is 0. The molecule has 1 aromatic carbocycles. The number of ether oxygens (including phenoxy) is 1. The van der Waals surface area contributed by atoms with E-state index in [-0.39, 0.29) is 6.04 Å². The van der Waals surface area contributed by atoms with Gasteiger partial charge in [-0.05, 0) is 30.5 Å². The monoisotopic (exact) mass is 248 g/mol. The summed E-state index contributed by atoms with van der Waals surface area (Å²) in [5.74, 6) is 0.580. The topological polar surface area (TPSA) is 38.5 Å². The SMILES string of the molecule is COCCN(C)C1CC(C)c2ccccc2C1N. The number of rotatable bonds is 4. The Bertz CT molecular complexity index is 394. The Morgan fingerprint density at radius 1 is 1.33 bits per heavy atom. The van der Waals surface area contributed by atoms with Crippen molar-refractivity contribution >= 4 is 0 Å². The predicted molar refractivity (Wildman–Crippen MR) is 74.7 cm³/mol. The maximum absolute atomic E-state index is 6.44. The first kappa shape index (κ1) is 13.5. The van der Waals surface area contributed by atoms with E-state index in [1.165, 1.54) is 11.1 Å². The van der Waals surface area contributed by atoms with Crippen LogP contribution in [0.5, 0.6) is 0 Å². The minimum Gasteiger partial charge on any atom is -0.383 e. The Hall–Kier alpha value is -0.900. The molecular weight excluding hydrogens is 224 g/mol. The van der Waals surface area contributed by atoms with Gasteiger partial charge < -0.3 is 10.5 Å². The van der Waals surface area contributed by atoms with Gasteiger partial charge >= 0.3 is 0 Å². The first-order chi connectivity index (χ1) is 8.65. The van der Waals surface area contributed by atoms with E-state index in [9.17, 15) is 0 Å². The van der Waals surface area contributed by atoms with Crippen molar-refractivity contribution in [3.8, 4) is 0 Å². The van der Waals surface area contributed by atoms with Crippen molar-refractivity contribution in [2.24, 2.45) is 5.73 Å². The van der Waals surface area contributed by atoms with Crippen molar-refractivity contribution in [2.75, 3.05) is 27.3 Å². The summed E-state index contributed by atoms with van der Waals surface area (Å²) in [6.07, 6.45) is 1.12. The largest absolute Gasteiger partial charge is 0.383 e. The molecular formula is C15H24N2O. The standard InChI is InChI=1S/C15H24N2O/c1-11-10-14(17(2)8-9-18-3)15(16)13-7-5-4-6-12(11)13/h4-7,11,14-15H,8-10,16H2,1-3H3. The molecule has 1 aliphatic rings. The van der Waals surface area contributed by atoms with Crippen molar-refractivity contribution in [3.63, 3.8) is 0 Å². The molecule has 3 unspecified atom stereocenters. The fraction of sp³-hybridized carbons (Fsp3) is 0.600. The van der Waals surface area contributed by atoms with E-state index < -0.39 is 0 Å². The maximum atomic E-state index is 6.44. The lowest BCUT2D eigenvalue weighted by molar-refractivity contribution is 0.118. The number of likely N-dealkylation sites (N-methyl/N-ethyl adjacent to an activating group) is 1. The van der Waals surface area contributed by atoms with Crippen molar-refractivity contribution in [2.45, 2.75) is 31.3 Å². The summed E-state index contributed by atoms with van der Waals surface area (Å²) < 4.78 is 5.15. The molecule has 0 bridgehead atoms. The highest BCUT2D eigenvalue weighted by Crippen LogP contribution is 2.37. The molecule has 0 aliphatic heterocycles. The Morgan fingerprint density at radius 2 is 2.00 bits per heavy atom. The van der Waals surface area contributed by atoms with Gasteiger partial charge in [0.2, 0.25) is 0 Å². The molecule has 0 saturated heterocycles. The van der Waals surface area contributed by atoms with Gasteiger partial charge in [-0.2, -0.15) is 0 Å². The third kappa shape index (κ3) is 2.58. The minimum atomic E-state index is 0.110. The second kappa shape index (κ2) is 5.83. The van der Waals surface area contributed by atoms with Crippen LogP contribution in [-0.4, -0.2) is 38.3 Å². The van der Waals surface area contributed by atoms with Gasteiger partial charge in [0.15, 0.2) is 0 Å². The average molecular weight is 248 g/mol. The molecule has 0 fully saturated rings. The van der Waals surface area contributed by atoms with Crippen LogP contribution in [0, 0.1) is 0 Å². The zero-order valence-corrected chi connectivity index (χ0v) is 11.6. The molecule has 0 spiro atoms. The van der Waals surface area contributed by atoms with Crippen LogP contribution in [0.25, 0.3) is 0 Å². The van der Waals surface area contributed by atoms with E-state index in [0.29, 0.717) is 12.0 Å². The quantitative estimate of drug-likeness (QED) is 0.887. The summed E-state index contributed by atoms with van der Waals surface area (Å²) in [4.78, 5) is 2.33. The molecule has 1 aliphatic carbocycles. The van der Waals surface area contributed by atoms with Gasteiger partial charge in [-0.25, -0.2) is 0 Å². The second-order valence-electron chi connectivity index (χ2n) is 5.33. The van der Waals surface area contributed by atoms with Gasteiger partial charge in [0.05, 0.1) is 6.61 Å². The van der Waals surface area contributed by atoms with Crippen molar-refractivity contribution in [1.29, 1.82) is 0 Å². The van der Waals surface area contributed by atoms with Crippen LogP contribution in [0.2, 0.25) is 0 Å². The van der Waals surface area contributed by atoms with Gasteiger partial charge in [-0.15, -0.1) is 0 Å². The number of benzene rings is 1. The Balaban J connectivity index is 2.17. The number of nitrogens with zero attached hydrogens (tertiary/aromatic N) is 1. The molecule has 0 amide bonds. The fourth-order valence-corrected chi connectivity index (χ4v) is 2.96. The molecule has 2 N–H and O–H groups in total. The lowest BCUT2D eigenvalue weighted by Crippen LogP contribution is -2.45. The maximum Gasteiger partial charge on any atom is 0.0589 e. The summed E-state index contributed by atoms with van der Waals surface area (Å²) in [6.45, 7) is 3.99. The molecule has 3 atom stereocenters. The van der Waals surface area contributed by atoms with Gasteiger partial charge in [0, 0.05) is 25.7 Å². The van der Waals surface area contributed by atoms with E-state index in [2.05, 4.69) is 43.1 Å². The molecule has 1 aromatic rings. The van der Waals surface area contributed by atoms with Crippen LogP contribution >= 0.6 is 0 Å². The molecule has 3 nitrogen and oxygen atoms in total. The first-order valence-corrected chi connectivity index (χ1v) is 6.68. The lowest BCUT2D eigenvalue weighted by Gasteiger charge is -2.40. The van der Waals surface area contributed by atoms with Crippen molar-refractivity contribution < 1.29 is 4.74 Å². The smallest absolute Gasteiger partial charge is 0.0589 e.